The van der Waals surface area contributed by atoms with Crippen molar-refractivity contribution in [2.45, 2.75) is 116 Å². The van der Waals surface area contributed by atoms with Gasteiger partial charge in [0, 0.05) is 12.6 Å². The molecule has 1 spiro atoms. The van der Waals surface area contributed by atoms with Gasteiger partial charge in [-0.05, 0) is 76.3 Å². The van der Waals surface area contributed by atoms with Crippen LogP contribution in [0.2, 0.25) is 0 Å². The zero-order valence-corrected chi connectivity index (χ0v) is 21.7. The zero-order chi connectivity index (χ0) is 23.8. The predicted octanol–water partition coefficient (Wildman–Crippen LogP) is 4.27. The van der Waals surface area contributed by atoms with E-state index in [1.54, 1.807) is 0 Å². The number of ether oxygens (including phenoxy) is 1. The highest BCUT2D eigenvalue weighted by Gasteiger charge is 2.43. The molecule has 2 aliphatic heterocycles. The van der Waals surface area contributed by atoms with Gasteiger partial charge in [-0.3, -0.25) is 9.59 Å². The average Bonchev–Trinajstić information content (AvgIpc) is 2.71. The van der Waals surface area contributed by atoms with E-state index in [9.17, 15) is 9.59 Å². The Balaban J connectivity index is 1.74. The minimum absolute atomic E-state index is 0.00770. The van der Waals surface area contributed by atoms with Crippen LogP contribution in [-0.4, -0.2) is 61.1 Å². The van der Waals surface area contributed by atoms with Crippen LogP contribution in [0.4, 0.5) is 0 Å². The molecule has 2 saturated heterocycles. The lowest BCUT2D eigenvalue weighted by atomic mass is 9.72. The first-order valence-corrected chi connectivity index (χ1v) is 13.7. The smallest absolute Gasteiger partial charge is 0.242 e. The molecule has 0 bridgehead atoms. The number of nitrogens with zero attached hydrogens (tertiary/aromatic N) is 1. The number of hydrogen-bond acceptors (Lipinski definition) is 4. The maximum atomic E-state index is 13.8. The van der Waals surface area contributed by atoms with Gasteiger partial charge in [-0.15, -0.1) is 0 Å². The van der Waals surface area contributed by atoms with E-state index in [-0.39, 0.29) is 23.3 Å². The molecule has 6 nitrogen and oxygen atoms in total. The first kappa shape index (κ1) is 26.5. The van der Waals surface area contributed by atoms with E-state index in [1.165, 1.54) is 19.3 Å². The summed E-state index contributed by atoms with van der Waals surface area (Å²) < 4.78 is 5.97. The molecular formula is C27H49N3O3. The largest absolute Gasteiger partial charge is 0.379 e. The van der Waals surface area contributed by atoms with E-state index in [1.807, 2.05) is 0 Å². The molecule has 2 N–H and O–H groups in total. The summed E-state index contributed by atoms with van der Waals surface area (Å²) >= 11 is 0. The molecule has 1 aliphatic carbocycles. The third-order valence-corrected chi connectivity index (χ3v) is 8.02. The number of piperidine rings is 1. The minimum Gasteiger partial charge on any atom is -0.379 e. The summed E-state index contributed by atoms with van der Waals surface area (Å²) in [5.41, 5.74) is -0.335. The van der Waals surface area contributed by atoms with Crippen LogP contribution in [0.5, 0.6) is 0 Å². The molecule has 3 aliphatic rings. The number of rotatable bonds is 5. The summed E-state index contributed by atoms with van der Waals surface area (Å²) in [6, 6.07) is 0.252. The van der Waals surface area contributed by atoms with Crippen molar-refractivity contribution in [2.24, 2.45) is 17.3 Å². The van der Waals surface area contributed by atoms with Crippen LogP contribution in [0.1, 0.15) is 98.3 Å². The van der Waals surface area contributed by atoms with E-state index in [0.717, 1.165) is 70.7 Å². The highest BCUT2D eigenvalue weighted by molar-refractivity contribution is 5.90. The Labute approximate surface area is 202 Å². The summed E-state index contributed by atoms with van der Waals surface area (Å²) in [6.07, 6.45) is 11.4. The van der Waals surface area contributed by atoms with Gasteiger partial charge in [-0.2, -0.15) is 0 Å². The molecule has 0 radical (unpaired) electrons. The van der Waals surface area contributed by atoms with Gasteiger partial charge in [-0.25, -0.2) is 0 Å². The third-order valence-electron chi connectivity index (χ3n) is 8.02. The van der Waals surface area contributed by atoms with Crippen LogP contribution in [0.3, 0.4) is 0 Å². The number of likely N-dealkylation sites (tertiary alicyclic amines) is 1. The Morgan fingerprint density at radius 2 is 1.61 bits per heavy atom. The van der Waals surface area contributed by atoms with Crippen molar-refractivity contribution in [3.63, 3.8) is 0 Å². The second-order valence-corrected chi connectivity index (χ2v) is 11.8. The van der Waals surface area contributed by atoms with Crippen molar-refractivity contribution in [1.29, 1.82) is 0 Å². The number of hydrogen-bond donors (Lipinski definition) is 2. The molecular weight excluding hydrogens is 414 g/mol. The van der Waals surface area contributed by atoms with E-state index >= 15 is 0 Å². The van der Waals surface area contributed by atoms with Gasteiger partial charge in [0.25, 0.3) is 0 Å². The van der Waals surface area contributed by atoms with Crippen LogP contribution in [0.15, 0.2) is 0 Å². The van der Waals surface area contributed by atoms with Crippen molar-refractivity contribution in [3.8, 4) is 0 Å². The highest BCUT2D eigenvalue weighted by Crippen LogP contribution is 2.40. The second kappa shape index (κ2) is 12.5. The third kappa shape index (κ3) is 7.68. The van der Waals surface area contributed by atoms with Gasteiger partial charge in [0.1, 0.15) is 6.04 Å². The Kier molecular flexibility index (Phi) is 10.0. The number of nitrogens with one attached hydrogen (secondary N) is 2. The maximum absolute atomic E-state index is 13.8. The standard InChI is InChI=1S/C27H49N3O3/c1-20(2)17-22-19-33-16-7-5-6-11-27(12-14-30(15-13-27)23-9-8-10-23)26(32)29-24(18-21(3)4)25(31)28-22/h20-24H,5-19H2,1-4H3,(H,28,31)(H,29,32)/t22-,24-/m0/s1. The fraction of sp³-hybridized carbons (Fsp3) is 0.926. The molecule has 2 atom stereocenters. The van der Waals surface area contributed by atoms with Crippen LogP contribution in [0.25, 0.3) is 0 Å². The molecule has 1 saturated carbocycles. The van der Waals surface area contributed by atoms with Crippen molar-refractivity contribution < 1.29 is 14.3 Å². The van der Waals surface area contributed by atoms with Crippen molar-refractivity contribution in [2.75, 3.05) is 26.3 Å². The number of carbonyl (C=O) groups excluding carboxylic acids is 2. The SMILES string of the molecule is CC(C)C[C@H]1COCCCCCC2(CCN(C3CCC3)CC2)C(=O)N[C@@H](CC(C)C)C(=O)N1. The molecule has 33 heavy (non-hydrogen) atoms. The van der Waals surface area contributed by atoms with Gasteiger partial charge >= 0.3 is 0 Å². The summed E-state index contributed by atoms with van der Waals surface area (Å²) in [7, 11) is 0. The summed E-state index contributed by atoms with van der Waals surface area (Å²) in [5, 5.41) is 6.47. The summed E-state index contributed by atoms with van der Waals surface area (Å²) in [6.45, 7) is 11.9. The molecule has 0 unspecified atom stereocenters. The number of carbonyl (C=O) groups is 2. The number of amides is 2. The van der Waals surface area contributed by atoms with Gasteiger partial charge < -0.3 is 20.3 Å². The molecule has 2 amide bonds. The van der Waals surface area contributed by atoms with Crippen LogP contribution in [-0.2, 0) is 14.3 Å². The normalized spacial score (nSPS) is 28.9. The maximum Gasteiger partial charge on any atom is 0.242 e. The van der Waals surface area contributed by atoms with Crippen molar-refractivity contribution in [1.82, 2.24) is 15.5 Å². The topological polar surface area (TPSA) is 70.7 Å². The first-order chi connectivity index (χ1) is 15.8. The molecule has 0 aromatic heterocycles. The molecule has 6 heteroatoms. The zero-order valence-electron chi connectivity index (χ0n) is 21.7. The lowest BCUT2D eigenvalue weighted by molar-refractivity contribution is -0.139. The second-order valence-electron chi connectivity index (χ2n) is 11.8. The molecule has 190 valence electrons. The lowest BCUT2D eigenvalue weighted by Gasteiger charge is -2.46. The Hall–Kier alpha value is -1.14. The minimum atomic E-state index is -0.475. The van der Waals surface area contributed by atoms with Crippen LogP contribution >= 0.6 is 0 Å². The van der Waals surface area contributed by atoms with E-state index in [4.69, 9.17) is 4.74 Å². The Morgan fingerprint density at radius 1 is 0.909 bits per heavy atom. The predicted molar refractivity (Wildman–Crippen MR) is 133 cm³/mol. The van der Waals surface area contributed by atoms with Gasteiger partial charge in [0.15, 0.2) is 0 Å². The van der Waals surface area contributed by atoms with Crippen LogP contribution < -0.4 is 10.6 Å². The van der Waals surface area contributed by atoms with Gasteiger partial charge in [0.05, 0.1) is 18.1 Å². The Bertz CT molecular complexity index is 624. The van der Waals surface area contributed by atoms with E-state index < -0.39 is 6.04 Å². The molecule has 3 rings (SSSR count). The molecule has 0 aromatic rings. The van der Waals surface area contributed by atoms with Gasteiger partial charge in [-0.1, -0.05) is 47.0 Å². The molecule has 3 fully saturated rings. The van der Waals surface area contributed by atoms with Crippen molar-refractivity contribution in [3.05, 3.63) is 0 Å². The van der Waals surface area contributed by atoms with Crippen LogP contribution in [0, 0.1) is 17.3 Å². The summed E-state index contributed by atoms with van der Waals surface area (Å²) in [5.74, 6) is 0.867. The van der Waals surface area contributed by atoms with E-state index in [0.29, 0.717) is 24.9 Å². The highest BCUT2D eigenvalue weighted by atomic mass is 16.5. The first-order valence-electron chi connectivity index (χ1n) is 13.7. The molecule has 0 aromatic carbocycles. The lowest BCUT2D eigenvalue weighted by Crippen LogP contribution is -2.57. The fourth-order valence-corrected chi connectivity index (χ4v) is 5.78. The molecule has 2 heterocycles. The summed E-state index contributed by atoms with van der Waals surface area (Å²) in [4.78, 5) is 29.7. The van der Waals surface area contributed by atoms with Gasteiger partial charge in [0.2, 0.25) is 11.8 Å². The quantitative estimate of drug-likeness (QED) is 0.639. The Morgan fingerprint density at radius 3 is 2.21 bits per heavy atom. The van der Waals surface area contributed by atoms with Crippen molar-refractivity contribution >= 4 is 11.8 Å². The average molecular weight is 464 g/mol. The monoisotopic (exact) mass is 463 g/mol. The van der Waals surface area contributed by atoms with E-state index in [2.05, 4.69) is 43.2 Å². The fourth-order valence-electron chi connectivity index (χ4n) is 5.78.